The number of ether oxygens (including phenoxy) is 1. The van der Waals surface area contributed by atoms with Gasteiger partial charge < -0.3 is 20.1 Å². The van der Waals surface area contributed by atoms with Gasteiger partial charge in [-0.25, -0.2) is 22.5 Å². The Balaban J connectivity index is 1.27. The Hall–Kier alpha value is -3.22. The molecular formula is C37H45ClF2N4O5S. The molecule has 0 radical (unpaired) electrons. The van der Waals surface area contributed by atoms with E-state index in [2.05, 4.69) is 25.4 Å². The summed E-state index contributed by atoms with van der Waals surface area (Å²) in [5, 5.41) is 13.7. The van der Waals surface area contributed by atoms with Gasteiger partial charge in [0, 0.05) is 41.1 Å². The zero-order valence-corrected chi connectivity index (χ0v) is 29.9. The molecule has 5 aliphatic rings. The molecule has 270 valence electrons. The Kier molecular flexibility index (Phi) is 9.66. The van der Waals surface area contributed by atoms with E-state index in [1.807, 2.05) is 25.1 Å². The third kappa shape index (κ3) is 6.87. The highest BCUT2D eigenvalue weighted by atomic mass is 35.5. The summed E-state index contributed by atoms with van der Waals surface area (Å²) in [6, 6.07) is 9.52. The maximum atomic E-state index is 14.5. The van der Waals surface area contributed by atoms with Gasteiger partial charge in [-0.2, -0.15) is 0 Å². The molecule has 3 N–H and O–H groups in total. The van der Waals surface area contributed by atoms with Crippen LogP contribution in [0.1, 0.15) is 73.9 Å². The van der Waals surface area contributed by atoms with Crippen molar-refractivity contribution in [1.82, 2.24) is 10.0 Å². The number of nitrogens with zero attached hydrogens (tertiary/aromatic N) is 2. The molecule has 9 nitrogen and oxygen atoms in total. The van der Waals surface area contributed by atoms with Gasteiger partial charge in [0.2, 0.25) is 6.43 Å². The molecule has 3 aliphatic carbocycles. The summed E-state index contributed by atoms with van der Waals surface area (Å²) in [6.45, 7) is 5.22. The minimum absolute atomic E-state index is 0.0572. The van der Waals surface area contributed by atoms with Crippen molar-refractivity contribution in [3.8, 4) is 5.75 Å². The minimum Gasteiger partial charge on any atom is -0.490 e. The molecule has 2 heterocycles. The second kappa shape index (κ2) is 13.7. The van der Waals surface area contributed by atoms with E-state index in [4.69, 9.17) is 16.3 Å². The average molecular weight is 731 g/mol. The van der Waals surface area contributed by atoms with Crippen LogP contribution in [0, 0.1) is 23.7 Å². The molecule has 2 aromatic rings. The Bertz CT molecular complexity index is 1820. The predicted molar refractivity (Wildman–Crippen MR) is 189 cm³/mol. The number of hydrogen-bond donors (Lipinski definition) is 3. The number of hydrogen-bond acceptors (Lipinski definition) is 6. The third-order valence-electron chi connectivity index (χ3n) is 11.7. The Morgan fingerprint density at radius 2 is 2.02 bits per heavy atom. The number of allylic oxidation sites excluding steroid dienone is 1. The fourth-order valence-electron chi connectivity index (χ4n) is 8.25. The number of anilines is 1. The lowest BCUT2D eigenvalue weighted by atomic mass is 9.68. The second-order valence-electron chi connectivity index (χ2n) is 15.0. The average Bonchev–Trinajstić information content (AvgIpc) is 3.85. The first-order chi connectivity index (χ1) is 23.9. The van der Waals surface area contributed by atoms with Crippen LogP contribution in [0.3, 0.4) is 0 Å². The van der Waals surface area contributed by atoms with Crippen molar-refractivity contribution in [2.24, 2.45) is 28.0 Å². The number of benzene rings is 2. The molecule has 7 rings (SSSR count). The van der Waals surface area contributed by atoms with Crippen LogP contribution < -0.4 is 19.7 Å². The molecule has 3 amide bonds. The summed E-state index contributed by atoms with van der Waals surface area (Å²) in [4.78, 5) is 29.2. The fraction of sp³-hybridized carbons (Fsp3) is 0.568. The van der Waals surface area contributed by atoms with Gasteiger partial charge in [0.25, 0.3) is 5.91 Å². The highest BCUT2D eigenvalue weighted by molar-refractivity contribution is 7.93. The van der Waals surface area contributed by atoms with Gasteiger partial charge in [-0.15, -0.1) is 4.36 Å². The summed E-state index contributed by atoms with van der Waals surface area (Å²) in [7, 11) is -3.75. The first kappa shape index (κ1) is 35.2. The summed E-state index contributed by atoms with van der Waals surface area (Å²) < 4.78 is 54.0. The monoisotopic (exact) mass is 730 g/mol. The van der Waals surface area contributed by atoms with Crippen LogP contribution in [0.25, 0.3) is 0 Å². The quantitative estimate of drug-likeness (QED) is 0.304. The maximum absolute atomic E-state index is 14.5. The lowest BCUT2D eigenvalue weighted by Gasteiger charge is -2.45. The van der Waals surface area contributed by atoms with E-state index in [9.17, 15) is 27.7 Å². The second-order valence-corrected chi connectivity index (χ2v) is 17.7. The van der Waals surface area contributed by atoms with Crippen LogP contribution in [0.5, 0.6) is 5.75 Å². The Morgan fingerprint density at radius 1 is 1.20 bits per heavy atom. The van der Waals surface area contributed by atoms with Crippen molar-refractivity contribution < 1.29 is 32.4 Å². The van der Waals surface area contributed by atoms with Crippen molar-refractivity contribution in [3.05, 3.63) is 70.3 Å². The molecule has 1 spiro atoms. The molecule has 2 fully saturated rings. The summed E-state index contributed by atoms with van der Waals surface area (Å²) >= 11 is 6.41. The molecule has 13 heteroatoms. The van der Waals surface area contributed by atoms with Gasteiger partial charge in [-0.3, -0.25) is 4.79 Å². The van der Waals surface area contributed by atoms with Crippen LogP contribution in [-0.4, -0.2) is 64.8 Å². The van der Waals surface area contributed by atoms with E-state index in [1.165, 1.54) is 11.1 Å². The molecule has 2 aliphatic heterocycles. The molecule has 50 heavy (non-hydrogen) atoms. The van der Waals surface area contributed by atoms with Gasteiger partial charge >= 0.3 is 6.03 Å². The number of urea groups is 1. The number of aryl methyl sites for hydroxylation is 1. The van der Waals surface area contributed by atoms with Gasteiger partial charge in [0.05, 0.1) is 23.6 Å². The first-order valence-electron chi connectivity index (χ1n) is 17.7. The molecule has 2 saturated carbocycles. The summed E-state index contributed by atoms with van der Waals surface area (Å²) in [5.74, 6) is -1.14. The zero-order valence-electron chi connectivity index (χ0n) is 28.3. The predicted octanol–water partition coefficient (Wildman–Crippen LogP) is 6.66. The summed E-state index contributed by atoms with van der Waals surface area (Å²) in [6.07, 6.45) is 5.67. The highest BCUT2D eigenvalue weighted by Crippen LogP contribution is 2.47. The van der Waals surface area contributed by atoms with Gasteiger partial charge in [0.1, 0.15) is 15.7 Å². The number of alkyl halides is 2. The number of nitrogens with one attached hydrogen (secondary N) is 2. The van der Waals surface area contributed by atoms with Crippen LogP contribution in [0.2, 0.25) is 5.02 Å². The first-order valence-corrected chi connectivity index (χ1v) is 19.6. The summed E-state index contributed by atoms with van der Waals surface area (Å²) in [5.41, 5.74) is 3.01. The van der Waals surface area contributed by atoms with Crippen LogP contribution >= 0.6 is 11.6 Å². The number of halogens is 3. The van der Waals surface area contributed by atoms with E-state index in [0.717, 1.165) is 37.8 Å². The van der Waals surface area contributed by atoms with Crippen molar-refractivity contribution in [1.29, 1.82) is 0 Å². The molecule has 0 aromatic heterocycles. The van der Waals surface area contributed by atoms with Crippen LogP contribution in [0.15, 0.2) is 52.9 Å². The standard InChI is InChI=1S/C37H45ClF2N4O5S/c1-21-5-3-7-32(45)27-11-8-25(27)18-44-19-37(14-4-6-23-15-26(38)10-12-29(23)37)20-49-33-13-9-24(16-31(33)44)35(46)42-50(48,22(21)2)43-36(47)41-30-17-28(30)34(39)40/h3,7,9-10,12-13,15-16,21-22,25,27-28,30,32,34,45H,4-6,8,11,14,17-20H2,1-2H3,(H2,41,42,43,46,47,48)/b7-3+/t21-,22+,25-,27+,28+,30?,32-,37-,50?/m0/s1. The maximum Gasteiger partial charge on any atom is 0.327 e. The van der Waals surface area contributed by atoms with E-state index < -0.39 is 51.6 Å². The van der Waals surface area contributed by atoms with E-state index in [-0.39, 0.29) is 35.2 Å². The topological polar surface area (TPSA) is 120 Å². The van der Waals surface area contributed by atoms with Crippen molar-refractivity contribution >= 4 is 39.1 Å². The third-order valence-corrected chi connectivity index (χ3v) is 14.4. The van der Waals surface area contributed by atoms with Crippen LogP contribution in [0.4, 0.5) is 19.3 Å². The lowest BCUT2D eigenvalue weighted by Crippen LogP contribution is -2.49. The molecule has 2 unspecified atom stereocenters. The smallest absolute Gasteiger partial charge is 0.327 e. The van der Waals surface area contributed by atoms with Gasteiger partial charge in [-0.1, -0.05) is 36.7 Å². The molecule has 2 bridgehead atoms. The number of rotatable bonds is 3. The normalized spacial score (nSPS) is 35.8. The van der Waals surface area contributed by atoms with E-state index in [1.54, 1.807) is 31.2 Å². The minimum atomic E-state index is -3.75. The number of aliphatic hydroxyl groups is 1. The number of amides is 3. The van der Waals surface area contributed by atoms with Crippen LogP contribution in [-0.2, 0) is 21.8 Å². The number of carbonyl (C=O) groups is 2. The van der Waals surface area contributed by atoms with Gasteiger partial charge in [0.15, 0.2) is 0 Å². The number of carbonyl (C=O) groups excluding carboxylic acids is 2. The van der Waals surface area contributed by atoms with Crippen molar-refractivity contribution in [3.63, 3.8) is 0 Å². The Morgan fingerprint density at radius 3 is 2.76 bits per heavy atom. The van der Waals surface area contributed by atoms with E-state index >= 15 is 0 Å². The molecule has 2 aromatic carbocycles. The zero-order chi connectivity index (χ0) is 35.4. The largest absolute Gasteiger partial charge is 0.490 e. The SMILES string of the molecule is C[C@@H]1[C@@H](C)C/C=C/[C@H](O)[C@@H]2CC[C@H]2CN2C[C@@]3(CCCc4cc(Cl)ccc43)COc3ccc(cc32)C(=O)N=S1(=O)NC(=O)NC1C[C@H]1C(F)F. The molecular weight excluding hydrogens is 686 g/mol. The molecule has 9 atom stereocenters. The lowest BCUT2D eigenvalue weighted by molar-refractivity contribution is 0.0456. The van der Waals surface area contributed by atoms with Crippen molar-refractivity contribution in [2.75, 3.05) is 24.6 Å². The van der Waals surface area contributed by atoms with Gasteiger partial charge in [-0.05, 0) is 111 Å². The van der Waals surface area contributed by atoms with Crippen molar-refractivity contribution in [2.45, 2.75) is 88.0 Å². The Labute approximate surface area is 297 Å². The number of aliphatic hydroxyl groups excluding tert-OH is 1. The highest BCUT2D eigenvalue weighted by Gasteiger charge is 2.46. The fourth-order valence-corrected chi connectivity index (χ4v) is 10.3. The number of fused-ring (bicyclic) bond motifs is 4. The molecule has 0 saturated heterocycles. The van der Waals surface area contributed by atoms with E-state index in [0.29, 0.717) is 36.9 Å².